The van der Waals surface area contributed by atoms with Crippen LogP contribution in [0, 0.1) is 0 Å². The summed E-state index contributed by atoms with van der Waals surface area (Å²) in [6.45, 7) is 1.80. The van der Waals surface area contributed by atoms with Crippen LogP contribution in [0.2, 0.25) is 0 Å². The van der Waals surface area contributed by atoms with Crippen molar-refractivity contribution in [1.29, 1.82) is 0 Å². The second-order valence-electron chi connectivity index (χ2n) is 4.56. The molecule has 3 nitrogen and oxygen atoms in total. The van der Waals surface area contributed by atoms with E-state index in [9.17, 15) is 9.59 Å². The van der Waals surface area contributed by atoms with Crippen LogP contribution >= 0.6 is 0 Å². The van der Waals surface area contributed by atoms with Gasteiger partial charge in [0, 0.05) is 18.1 Å². The lowest BCUT2D eigenvalue weighted by atomic mass is 10.1. The summed E-state index contributed by atoms with van der Waals surface area (Å²) in [4.78, 5) is 23.8. The van der Waals surface area contributed by atoms with Crippen molar-refractivity contribution in [3.05, 3.63) is 71.8 Å². The molecule has 1 N–H and O–H groups in total. The van der Waals surface area contributed by atoms with Gasteiger partial charge in [-0.2, -0.15) is 0 Å². The predicted molar refractivity (Wildman–Crippen MR) is 85.2 cm³/mol. The minimum atomic E-state index is -0.254. The molecule has 21 heavy (non-hydrogen) atoms. The summed E-state index contributed by atoms with van der Waals surface area (Å²) in [6.07, 6.45) is 3.61. The van der Waals surface area contributed by atoms with Crippen molar-refractivity contribution in [1.82, 2.24) is 0 Å². The first-order valence-electron chi connectivity index (χ1n) is 6.87. The quantitative estimate of drug-likeness (QED) is 0.665. The van der Waals surface area contributed by atoms with Crippen LogP contribution in [-0.4, -0.2) is 11.7 Å². The van der Waals surface area contributed by atoms with E-state index in [-0.39, 0.29) is 11.7 Å². The van der Waals surface area contributed by atoms with Crippen molar-refractivity contribution < 1.29 is 9.59 Å². The minimum absolute atomic E-state index is 0.0120. The zero-order chi connectivity index (χ0) is 15.1. The van der Waals surface area contributed by atoms with Crippen molar-refractivity contribution in [2.75, 3.05) is 5.32 Å². The van der Waals surface area contributed by atoms with Crippen molar-refractivity contribution in [2.45, 2.75) is 13.3 Å². The van der Waals surface area contributed by atoms with Gasteiger partial charge in [-0.25, -0.2) is 0 Å². The lowest BCUT2D eigenvalue weighted by molar-refractivity contribution is -0.111. The largest absolute Gasteiger partial charge is 0.322 e. The Morgan fingerprint density at radius 3 is 2.38 bits per heavy atom. The lowest BCUT2D eigenvalue weighted by Crippen LogP contribution is -2.11. The fourth-order valence-corrected chi connectivity index (χ4v) is 1.94. The highest BCUT2D eigenvalue weighted by molar-refractivity contribution is 6.08. The van der Waals surface area contributed by atoms with Gasteiger partial charge in [0.25, 0.3) is 0 Å². The van der Waals surface area contributed by atoms with Gasteiger partial charge in [0.1, 0.15) is 0 Å². The third-order valence-corrected chi connectivity index (χ3v) is 3.03. The number of rotatable bonds is 5. The molecule has 0 unspecified atom stereocenters. The van der Waals surface area contributed by atoms with Gasteiger partial charge < -0.3 is 5.32 Å². The maximum Gasteiger partial charge on any atom is 0.248 e. The van der Waals surface area contributed by atoms with Gasteiger partial charge in [0.2, 0.25) is 5.91 Å². The summed E-state index contributed by atoms with van der Waals surface area (Å²) in [7, 11) is 0. The normalized spacial score (nSPS) is 10.5. The Kier molecular flexibility index (Phi) is 5.04. The number of anilines is 1. The van der Waals surface area contributed by atoms with E-state index in [1.807, 2.05) is 30.3 Å². The number of carbonyl (C=O) groups excluding carboxylic acids is 2. The number of benzene rings is 2. The van der Waals surface area contributed by atoms with E-state index in [0.29, 0.717) is 17.7 Å². The van der Waals surface area contributed by atoms with Crippen LogP contribution in [0.15, 0.2) is 60.7 Å². The third-order valence-electron chi connectivity index (χ3n) is 3.03. The van der Waals surface area contributed by atoms with Crippen molar-refractivity contribution >= 4 is 23.5 Å². The number of Topliss-reactive ketones (excluding diaryl/α,β-unsaturated/α-hetero) is 1. The van der Waals surface area contributed by atoms with E-state index in [4.69, 9.17) is 0 Å². The molecule has 0 fully saturated rings. The van der Waals surface area contributed by atoms with Crippen LogP contribution < -0.4 is 5.32 Å². The number of amides is 1. The van der Waals surface area contributed by atoms with E-state index < -0.39 is 0 Å². The molecule has 2 aromatic rings. The van der Waals surface area contributed by atoms with Crippen molar-refractivity contribution in [2.24, 2.45) is 0 Å². The summed E-state index contributed by atoms with van der Waals surface area (Å²) in [5.74, 6) is -0.242. The van der Waals surface area contributed by atoms with Gasteiger partial charge >= 0.3 is 0 Å². The molecule has 1 amide bonds. The lowest BCUT2D eigenvalue weighted by Gasteiger charge is -2.07. The van der Waals surface area contributed by atoms with Crippen LogP contribution in [0.3, 0.4) is 0 Å². The van der Waals surface area contributed by atoms with Crippen LogP contribution in [0.1, 0.15) is 29.3 Å². The molecule has 0 aliphatic carbocycles. The summed E-state index contributed by atoms with van der Waals surface area (Å²) in [6, 6.07) is 16.6. The first kappa shape index (κ1) is 14.7. The van der Waals surface area contributed by atoms with Crippen LogP contribution in [0.4, 0.5) is 5.69 Å². The molecule has 3 heteroatoms. The zero-order valence-corrected chi connectivity index (χ0v) is 11.9. The summed E-state index contributed by atoms with van der Waals surface area (Å²) in [5.41, 5.74) is 2.04. The summed E-state index contributed by atoms with van der Waals surface area (Å²) < 4.78 is 0. The molecule has 0 saturated carbocycles. The second kappa shape index (κ2) is 7.20. The Hall–Kier alpha value is -2.68. The van der Waals surface area contributed by atoms with Crippen LogP contribution in [0.5, 0.6) is 0 Å². The third kappa shape index (κ3) is 4.14. The highest BCUT2D eigenvalue weighted by Crippen LogP contribution is 2.17. The predicted octanol–water partition coefficient (Wildman–Crippen LogP) is 3.93. The molecule has 0 aromatic heterocycles. The summed E-state index contributed by atoms with van der Waals surface area (Å²) in [5, 5.41) is 2.75. The molecule has 0 aliphatic rings. The standard InChI is InChI=1S/C18H17NO2/c1-2-17(20)15-10-6-7-11-16(15)19-18(21)13-12-14-8-4-3-5-9-14/h3-13H,2H2,1H3,(H,19,21)/b13-12+. The molecule has 0 radical (unpaired) electrons. The molecule has 106 valence electrons. The average Bonchev–Trinajstić information content (AvgIpc) is 2.54. The average molecular weight is 279 g/mol. The highest BCUT2D eigenvalue weighted by atomic mass is 16.1. The monoisotopic (exact) mass is 279 g/mol. The van der Waals surface area contributed by atoms with Gasteiger partial charge in [-0.15, -0.1) is 0 Å². The van der Waals surface area contributed by atoms with E-state index in [1.165, 1.54) is 6.08 Å². The molecule has 0 heterocycles. The van der Waals surface area contributed by atoms with Crippen molar-refractivity contribution in [3.63, 3.8) is 0 Å². The second-order valence-corrected chi connectivity index (χ2v) is 4.56. The topological polar surface area (TPSA) is 46.2 Å². The van der Waals surface area contributed by atoms with Gasteiger partial charge in [0.05, 0.1) is 5.69 Å². The smallest absolute Gasteiger partial charge is 0.248 e. The van der Waals surface area contributed by atoms with Crippen LogP contribution in [0.25, 0.3) is 6.08 Å². The maximum atomic E-state index is 11.9. The van der Waals surface area contributed by atoms with E-state index in [2.05, 4.69) is 5.32 Å². The Labute approximate surface area is 124 Å². The minimum Gasteiger partial charge on any atom is -0.322 e. The number of hydrogen-bond acceptors (Lipinski definition) is 2. The maximum absolute atomic E-state index is 11.9. The number of nitrogens with one attached hydrogen (secondary N) is 1. The Bertz CT molecular complexity index is 660. The van der Waals surface area contributed by atoms with E-state index in [1.54, 1.807) is 37.3 Å². The molecular weight excluding hydrogens is 262 g/mol. The SMILES string of the molecule is CCC(=O)c1ccccc1NC(=O)/C=C/c1ccccc1. The number of para-hydroxylation sites is 1. The van der Waals surface area contributed by atoms with Crippen LogP contribution in [-0.2, 0) is 4.79 Å². The number of carbonyl (C=O) groups is 2. The molecule has 0 atom stereocenters. The van der Waals surface area contributed by atoms with Crippen molar-refractivity contribution in [3.8, 4) is 0 Å². The van der Waals surface area contributed by atoms with Gasteiger partial charge in [0.15, 0.2) is 5.78 Å². The molecule has 0 saturated heterocycles. The Morgan fingerprint density at radius 2 is 1.67 bits per heavy atom. The first-order valence-corrected chi connectivity index (χ1v) is 6.87. The summed E-state index contributed by atoms with van der Waals surface area (Å²) >= 11 is 0. The van der Waals surface area contributed by atoms with Gasteiger partial charge in [-0.05, 0) is 23.8 Å². The fourth-order valence-electron chi connectivity index (χ4n) is 1.94. The fraction of sp³-hybridized carbons (Fsp3) is 0.111. The molecule has 2 aromatic carbocycles. The van der Waals surface area contributed by atoms with E-state index >= 15 is 0 Å². The molecule has 0 bridgehead atoms. The molecular formula is C18H17NO2. The Balaban J connectivity index is 2.10. The zero-order valence-electron chi connectivity index (χ0n) is 11.9. The molecule has 2 rings (SSSR count). The number of ketones is 1. The molecule has 0 spiro atoms. The first-order chi connectivity index (χ1) is 10.2. The number of hydrogen-bond donors (Lipinski definition) is 1. The molecule has 0 aliphatic heterocycles. The van der Waals surface area contributed by atoms with E-state index in [0.717, 1.165) is 5.56 Å². The van der Waals surface area contributed by atoms with Gasteiger partial charge in [-0.1, -0.05) is 49.4 Å². The highest BCUT2D eigenvalue weighted by Gasteiger charge is 2.09. The van der Waals surface area contributed by atoms with Gasteiger partial charge in [-0.3, -0.25) is 9.59 Å². The Morgan fingerprint density at radius 1 is 1.00 bits per heavy atom.